The molecule has 0 saturated heterocycles. The van der Waals surface area contributed by atoms with E-state index in [1.807, 2.05) is 66.1 Å². The highest BCUT2D eigenvalue weighted by atomic mass is 35.5. The number of carbonyl (C=O) groups is 2. The molecule has 7 heteroatoms. The molecule has 0 fully saturated rings. The van der Waals surface area contributed by atoms with Crippen LogP contribution in [0.5, 0.6) is 5.75 Å². The summed E-state index contributed by atoms with van der Waals surface area (Å²) in [6.45, 7) is 2.98. The quantitative estimate of drug-likeness (QED) is 0.376. The van der Waals surface area contributed by atoms with Crippen molar-refractivity contribution < 1.29 is 14.3 Å². The van der Waals surface area contributed by atoms with Crippen molar-refractivity contribution in [2.45, 2.75) is 20.0 Å². The van der Waals surface area contributed by atoms with Gasteiger partial charge in [0.1, 0.15) is 11.4 Å². The van der Waals surface area contributed by atoms with Crippen LogP contribution in [0, 0.1) is 0 Å². The molecule has 4 rings (SSSR count). The maximum atomic E-state index is 12.8. The lowest BCUT2D eigenvalue weighted by Gasteiger charge is -2.10. The summed E-state index contributed by atoms with van der Waals surface area (Å²) in [5.41, 5.74) is 3.18. The molecule has 0 bridgehead atoms. The Kier molecular flexibility index (Phi) is 6.95. The molecule has 2 amide bonds. The number of carbonyl (C=O) groups excluding carboxylic acids is 2. The molecule has 2 N–H and O–H groups in total. The highest BCUT2D eigenvalue weighted by Crippen LogP contribution is 2.24. The Labute approximate surface area is 197 Å². The van der Waals surface area contributed by atoms with Gasteiger partial charge in [-0.05, 0) is 61.0 Å². The van der Waals surface area contributed by atoms with Crippen LogP contribution in [0.15, 0.2) is 78.9 Å². The third-order valence-corrected chi connectivity index (χ3v) is 5.47. The van der Waals surface area contributed by atoms with Crippen molar-refractivity contribution in [3.63, 3.8) is 0 Å². The first-order chi connectivity index (χ1) is 16.0. The minimum atomic E-state index is -0.278. The molecule has 0 unspecified atom stereocenters. The number of rotatable bonds is 8. The van der Waals surface area contributed by atoms with Crippen molar-refractivity contribution in [1.29, 1.82) is 0 Å². The number of fused-ring (bicyclic) bond motifs is 1. The van der Waals surface area contributed by atoms with Crippen LogP contribution in [0.25, 0.3) is 10.9 Å². The lowest BCUT2D eigenvalue weighted by atomic mass is 10.2. The monoisotopic (exact) mass is 461 g/mol. The highest BCUT2D eigenvalue weighted by molar-refractivity contribution is 6.30. The predicted octanol–water partition coefficient (Wildman–Crippen LogP) is 5.26. The van der Waals surface area contributed by atoms with E-state index in [0.717, 1.165) is 16.5 Å². The van der Waals surface area contributed by atoms with Gasteiger partial charge in [-0.15, -0.1) is 0 Å². The standard InChI is InChI=1S/C26H24ClN3O3/c1-2-30-23-13-10-21(29-25(31)17-33-22-11-8-20(27)9-12-22)14-19(23)15-24(30)26(32)28-16-18-6-4-3-5-7-18/h3-15H,2,16-17H2,1H3,(H,28,32)(H,29,31). The molecular formula is C26H24ClN3O3. The van der Waals surface area contributed by atoms with Gasteiger partial charge in [0.2, 0.25) is 0 Å². The van der Waals surface area contributed by atoms with Crippen LogP contribution in [-0.4, -0.2) is 23.0 Å². The zero-order valence-electron chi connectivity index (χ0n) is 18.2. The van der Waals surface area contributed by atoms with Gasteiger partial charge in [0.25, 0.3) is 11.8 Å². The largest absolute Gasteiger partial charge is 0.484 e. The fourth-order valence-corrected chi connectivity index (χ4v) is 3.75. The number of amides is 2. The Balaban J connectivity index is 1.44. The summed E-state index contributed by atoms with van der Waals surface area (Å²) < 4.78 is 7.45. The van der Waals surface area contributed by atoms with Gasteiger partial charge >= 0.3 is 0 Å². The second-order valence-corrected chi connectivity index (χ2v) is 7.94. The number of hydrogen-bond donors (Lipinski definition) is 2. The van der Waals surface area contributed by atoms with Crippen molar-refractivity contribution in [3.05, 3.63) is 95.1 Å². The number of anilines is 1. The van der Waals surface area contributed by atoms with Crippen LogP contribution in [0.1, 0.15) is 23.0 Å². The first kappa shape index (κ1) is 22.4. The zero-order valence-corrected chi connectivity index (χ0v) is 18.9. The topological polar surface area (TPSA) is 72.4 Å². The van der Waals surface area contributed by atoms with Crippen molar-refractivity contribution in [3.8, 4) is 5.75 Å². The van der Waals surface area contributed by atoms with Crippen LogP contribution >= 0.6 is 11.6 Å². The molecule has 1 heterocycles. The number of nitrogens with one attached hydrogen (secondary N) is 2. The van der Waals surface area contributed by atoms with E-state index in [9.17, 15) is 9.59 Å². The average Bonchev–Trinajstić information content (AvgIpc) is 3.21. The summed E-state index contributed by atoms with van der Waals surface area (Å²) in [5.74, 6) is 0.148. The van der Waals surface area contributed by atoms with Gasteiger partial charge in [-0.2, -0.15) is 0 Å². The van der Waals surface area contributed by atoms with Crippen molar-refractivity contribution >= 4 is 40.0 Å². The molecule has 1 aromatic heterocycles. The minimum Gasteiger partial charge on any atom is -0.484 e. The zero-order chi connectivity index (χ0) is 23.2. The average molecular weight is 462 g/mol. The first-order valence-electron chi connectivity index (χ1n) is 10.7. The molecule has 33 heavy (non-hydrogen) atoms. The minimum absolute atomic E-state index is 0.122. The fourth-order valence-electron chi connectivity index (χ4n) is 3.62. The number of hydrogen-bond acceptors (Lipinski definition) is 3. The van der Waals surface area contributed by atoms with Crippen molar-refractivity contribution in [2.75, 3.05) is 11.9 Å². The highest BCUT2D eigenvalue weighted by Gasteiger charge is 2.15. The van der Waals surface area contributed by atoms with Gasteiger partial charge < -0.3 is 19.9 Å². The van der Waals surface area contributed by atoms with E-state index in [2.05, 4.69) is 10.6 Å². The molecule has 0 radical (unpaired) electrons. The van der Waals surface area contributed by atoms with E-state index in [1.165, 1.54) is 0 Å². The summed E-state index contributed by atoms with van der Waals surface area (Å²) in [6.07, 6.45) is 0. The molecule has 168 valence electrons. The van der Waals surface area contributed by atoms with Gasteiger partial charge in [0.15, 0.2) is 6.61 Å². The second-order valence-electron chi connectivity index (χ2n) is 7.51. The molecule has 0 aliphatic carbocycles. The maximum Gasteiger partial charge on any atom is 0.268 e. The summed E-state index contributed by atoms with van der Waals surface area (Å²) in [4.78, 5) is 25.2. The summed E-state index contributed by atoms with van der Waals surface area (Å²) in [5, 5.41) is 7.29. The number of ether oxygens (including phenoxy) is 1. The molecular weight excluding hydrogens is 438 g/mol. The summed E-state index contributed by atoms with van der Waals surface area (Å²) in [7, 11) is 0. The molecule has 0 spiro atoms. The third kappa shape index (κ3) is 5.54. The maximum absolute atomic E-state index is 12.8. The smallest absolute Gasteiger partial charge is 0.268 e. The molecule has 0 aliphatic heterocycles. The van der Waals surface area contributed by atoms with Crippen LogP contribution in [0.2, 0.25) is 5.02 Å². The van der Waals surface area contributed by atoms with Crippen LogP contribution < -0.4 is 15.4 Å². The van der Waals surface area contributed by atoms with Gasteiger partial charge in [-0.25, -0.2) is 0 Å². The molecule has 0 aliphatic rings. The Morgan fingerprint density at radius 2 is 1.73 bits per heavy atom. The SMILES string of the molecule is CCn1c(C(=O)NCc2ccccc2)cc2cc(NC(=O)COc3ccc(Cl)cc3)ccc21. The summed E-state index contributed by atoms with van der Waals surface area (Å²) in [6, 6.07) is 24.0. The van der Waals surface area contributed by atoms with Crippen LogP contribution in [-0.2, 0) is 17.9 Å². The third-order valence-electron chi connectivity index (χ3n) is 5.21. The van der Waals surface area contributed by atoms with Crippen molar-refractivity contribution in [2.24, 2.45) is 0 Å². The molecule has 4 aromatic rings. The molecule has 0 saturated carbocycles. The number of benzene rings is 3. The van der Waals surface area contributed by atoms with Gasteiger partial charge in [-0.3, -0.25) is 9.59 Å². The summed E-state index contributed by atoms with van der Waals surface area (Å²) >= 11 is 5.86. The second kappa shape index (κ2) is 10.2. The normalized spacial score (nSPS) is 10.7. The van der Waals surface area contributed by atoms with Gasteiger partial charge in [-0.1, -0.05) is 41.9 Å². The Morgan fingerprint density at radius 3 is 2.45 bits per heavy atom. The Bertz CT molecular complexity index is 1270. The lowest BCUT2D eigenvalue weighted by molar-refractivity contribution is -0.118. The fraction of sp³-hybridized carbons (Fsp3) is 0.154. The number of aromatic nitrogens is 1. The van der Waals surface area contributed by atoms with Gasteiger partial charge in [0, 0.05) is 34.7 Å². The van der Waals surface area contributed by atoms with E-state index in [0.29, 0.717) is 35.2 Å². The Morgan fingerprint density at radius 1 is 0.970 bits per heavy atom. The molecule has 3 aromatic carbocycles. The van der Waals surface area contributed by atoms with E-state index >= 15 is 0 Å². The lowest BCUT2D eigenvalue weighted by Crippen LogP contribution is -2.25. The van der Waals surface area contributed by atoms with Gasteiger partial charge in [0.05, 0.1) is 0 Å². The first-order valence-corrected chi connectivity index (χ1v) is 11.0. The van der Waals surface area contributed by atoms with E-state index in [-0.39, 0.29) is 18.4 Å². The molecule has 0 atom stereocenters. The number of halogens is 1. The van der Waals surface area contributed by atoms with E-state index in [4.69, 9.17) is 16.3 Å². The Hall–Kier alpha value is -3.77. The van der Waals surface area contributed by atoms with E-state index < -0.39 is 0 Å². The predicted molar refractivity (Wildman–Crippen MR) is 131 cm³/mol. The molecule has 6 nitrogen and oxygen atoms in total. The number of aryl methyl sites for hydroxylation is 1. The van der Waals surface area contributed by atoms with Crippen LogP contribution in [0.4, 0.5) is 5.69 Å². The van der Waals surface area contributed by atoms with Crippen LogP contribution in [0.3, 0.4) is 0 Å². The van der Waals surface area contributed by atoms with E-state index in [1.54, 1.807) is 24.3 Å². The van der Waals surface area contributed by atoms with Crippen molar-refractivity contribution in [1.82, 2.24) is 9.88 Å². The number of nitrogens with zero attached hydrogens (tertiary/aromatic N) is 1.